The molecule has 0 saturated carbocycles. The minimum Gasteiger partial charge on any atom is -0.508 e. The molecular formula is C15H16ClNO2. The molecule has 0 aliphatic carbocycles. The van der Waals surface area contributed by atoms with Gasteiger partial charge in [-0.1, -0.05) is 35.9 Å². The third-order valence-corrected chi connectivity index (χ3v) is 3.38. The Hall–Kier alpha value is -1.71. The molecule has 0 radical (unpaired) electrons. The lowest BCUT2D eigenvalue weighted by Crippen LogP contribution is -2.18. The van der Waals surface area contributed by atoms with Crippen molar-refractivity contribution in [3.63, 3.8) is 0 Å². The third-order valence-electron chi connectivity index (χ3n) is 3.04. The van der Waals surface area contributed by atoms with E-state index in [2.05, 4.69) is 5.32 Å². The molecular weight excluding hydrogens is 262 g/mol. The van der Waals surface area contributed by atoms with E-state index in [0.717, 1.165) is 16.1 Å². The molecule has 0 fully saturated rings. The zero-order valence-electron chi connectivity index (χ0n) is 10.6. The van der Waals surface area contributed by atoms with Gasteiger partial charge in [0.15, 0.2) is 0 Å². The van der Waals surface area contributed by atoms with E-state index in [1.54, 1.807) is 12.1 Å². The summed E-state index contributed by atoms with van der Waals surface area (Å²) < 4.78 is 0. The molecule has 0 aliphatic rings. The van der Waals surface area contributed by atoms with Gasteiger partial charge >= 0.3 is 0 Å². The Balaban J connectivity index is 2.04. The van der Waals surface area contributed by atoms with Crippen LogP contribution < -0.4 is 5.32 Å². The van der Waals surface area contributed by atoms with Crippen molar-refractivity contribution in [2.75, 3.05) is 0 Å². The number of benzene rings is 2. The van der Waals surface area contributed by atoms with Crippen molar-refractivity contribution in [3.8, 4) is 11.5 Å². The maximum Gasteiger partial charge on any atom is 0.123 e. The smallest absolute Gasteiger partial charge is 0.123 e. The quantitative estimate of drug-likeness (QED) is 0.800. The molecule has 1 atom stereocenters. The van der Waals surface area contributed by atoms with Gasteiger partial charge in [-0.3, -0.25) is 0 Å². The molecule has 0 aromatic heterocycles. The topological polar surface area (TPSA) is 52.5 Å². The second-order valence-corrected chi connectivity index (χ2v) is 4.84. The fourth-order valence-corrected chi connectivity index (χ4v) is 2.20. The van der Waals surface area contributed by atoms with E-state index in [1.165, 1.54) is 6.07 Å². The molecule has 2 rings (SSSR count). The summed E-state index contributed by atoms with van der Waals surface area (Å²) in [5.41, 5.74) is 1.75. The standard InChI is InChI=1S/C15H16ClNO2/c1-10(13-4-2-3-5-14(13)16)17-9-11-6-7-12(18)8-15(11)19/h2-8,10,17-19H,9H2,1H3/t10-/m1/s1. The van der Waals surface area contributed by atoms with Crippen LogP contribution in [0, 0.1) is 0 Å². The second kappa shape index (κ2) is 5.95. The number of nitrogens with one attached hydrogen (secondary N) is 1. The van der Waals surface area contributed by atoms with Crippen LogP contribution in [0.5, 0.6) is 11.5 Å². The Bertz CT molecular complexity index is 572. The van der Waals surface area contributed by atoms with E-state index in [4.69, 9.17) is 11.6 Å². The molecule has 0 heterocycles. The molecule has 3 N–H and O–H groups in total. The van der Waals surface area contributed by atoms with Crippen LogP contribution in [-0.2, 0) is 6.54 Å². The number of phenols is 2. The molecule has 19 heavy (non-hydrogen) atoms. The Morgan fingerprint density at radius 2 is 1.89 bits per heavy atom. The molecule has 0 saturated heterocycles. The van der Waals surface area contributed by atoms with Gasteiger partial charge in [0, 0.05) is 29.2 Å². The molecule has 0 spiro atoms. The highest BCUT2D eigenvalue weighted by molar-refractivity contribution is 6.31. The van der Waals surface area contributed by atoms with Crippen molar-refractivity contribution in [2.45, 2.75) is 19.5 Å². The number of phenolic OH excluding ortho intramolecular Hbond substituents is 2. The van der Waals surface area contributed by atoms with Gasteiger partial charge in [-0.25, -0.2) is 0 Å². The minimum absolute atomic E-state index is 0.0559. The molecule has 0 bridgehead atoms. The first-order valence-corrected chi connectivity index (χ1v) is 6.44. The van der Waals surface area contributed by atoms with Gasteiger partial charge in [-0.15, -0.1) is 0 Å². The Morgan fingerprint density at radius 1 is 1.16 bits per heavy atom. The van der Waals surface area contributed by atoms with E-state index in [1.807, 2.05) is 31.2 Å². The van der Waals surface area contributed by atoms with Gasteiger partial charge < -0.3 is 15.5 Å². The largest absolute Gasteiger partial charge is 0.508 e. The van der Waals surface area contributed by atoms with Crippen LogP contribution >= 0.6 is 11.6 Å². The maximum absolute atomic E-state index is 9.70. The predicted octanol–water partition coefficient (Wildman–Crippen LogP) is 3.60. The van der Waals surface area contributed by atoms with Gasteiger partial charge in [0.1, 0.15) is 11.5 Å². The summed E-state index contributed by atoms with van der Waals surface area (Å²) in [4.78, 5) is 0. The highest BCUT2D eigenvalue weighted by atomic mass is 35.5. The summed E-state index contributed by atoms with van der Waals surface area (Å²) in [5.74, 6) is 0.138. The van der Waals surface area contributed by atoms with Crippen LogP contribution in [0.1, 0.15) is 24.1 Å². The van der Waals surface area contributed by atoms with Crippen molar-refractivity contribution in [3.05, 3.63) is 58.6 Å². The molecule has 0 amide bonds. The highest BCUT2D eigenvalue weighted by Gasteiger charge is 2.09. The fourth-order valence-electron chi connectivity index (χ4n) is 1.90. The second-order valence-electron chi connectivity index (χ2n) is 4.44. The predicted molar refractivity (Wildman–Crippen MR) is 76.5 cm³/mol. The summed E-state index contributed by atoms with van der Waals surface area (Å²) in [6.07, 6.45) is 0. The van der Waals surface area contributed by atoms with E-state index in [0.29, 0.717) is 6.54 Å². The van der Waals surface area contributed by atoms with Crippen molar-refractivity contribution in [1.82, 2.24) is 5.32 Å². The Morgan fingerprint density at radius 3 is 2.58 bits per heavy atom. The molecule has 2 aromatic carbocycles. The first-order chi connectivity index (χ1) is 9.08. The highest BCUT2D eigenvalue weighted by Crippen LogP contribution is 2.25. The summed E-state index contributed by atoms with van der Waals surface area (Å²) >= 11 is 6.13. The van der Waals surface area contributed by atoms with Crippen molar-refractivity contribution in [2.24, 2.45) is 0 Å². The lowest BCUT2D eigenvalue weighted by Gasteiger charge is -2.16. The molecule has 100 valence electrons. The number of aromatic hydroxyl groups is 2. The molecule has 0 aliphatic heterocycles. The van der Waals surface area contributed by atoms with Gasteiger partial charge in [0.25, 0.3) is 0 Å². The average molecular weight is 278 g/mol. The van der Waals surface area contributed by atoms with Crippen LogP contribution in [0.25, 0.3) is 0 Å². The van der Waals surface area contributed by atoms with Gasteiger partial charge in [0.2, 0.25) is 0 Å². The zero-order valence-corrected chi connectivity index (χ0v) is 11.4. The summed E-state index contributed by atoms with van der Waals surface area (Å²) in [6, 6.07) is 12.3. The average Bonchev–Trinajstić information content (AvgIpc) is 2.38. The number of hydrogen-bond acceptors (Lipinski definition) is 3. The van der Waals surface area contributed by atoms with Crippen LogP contribution in [0.15, 0.2) is 42.5 Å². The molecule has 2 aromatic rings. The first-order valence-electron chi connectivity index (χ1n) is 6.06. The van der Waals surface area contributed by atoms with Crippen molar-refractivity contribution >= 4 is 11.6 Å². The minimum atomic E-state index is 0.0559. The van der Waals surface area contributed by atoms with Gasteiger partial charge in [0.05, 0.1) is 0 Å². The summed E-state index contributed by atoms with van der Waals surface area (Å²) in [7, 11) is 0. The lowest BCUT2D eigenvalue weighted by molar-refractivity contribution is 0.441. The Labute approximate surface area is 117 Å². The Kier molecular flexibility index (Phi) is 4.30. The lowest BCUT2D eigenvalue weighted by atomic mass is 10.1. The number of halogens is 1. The van der Waals surface area contributed by atoms with Crippen LogP contribution in [-0.4, -0.2) is 10.2 Å². The summed E-state index contributed by atoms with van der Waals surface area (Å²) in [5, 5.41) is 22.9. The number of rotatable bonds is 4. The van der Waals surface area contributed by atoms with E-state index < -0.39 is 0 Å². The van der Waals surface area contributed by atoms with Crippen LogP contribution in [0.2, 0.25) is 5.02 Å². The first kappa shape index (κ1) is 13.7. The molecule has 4 heteroatoms. The van der Waals surface area contributed by atoms with Crippen LogP contribution in [0.4, 0.5) is 0 Å². The third kappa shape index (κ3) is 3.40. The van der Waals surface area contributed by atoms with E-state index >= 15 is 0 Å². The van der Waals surface area contributed by atoms with Crippen molar-refractivity contribution in [1.29, 1.82) is 0 Å². The van der Waals surface area contributed by atoms with Crippen LogP contribution in [0.3, 0.4) is 0 Å². The summed E-state index contributed by atoms with van der Waals surface area (Å²) in [6.45, 7) is 2.51. The normalized spacial score (nSPS) is 12.3. The SMILES string of the molecule is C[C@@H](NCc1ccc(O)cc1O)c1ccccc1Cl. The van der Waals surface area contributed by atoms with Gasteiger partial charge in [-0.2, -0.15) is 0 Å². The fraction of sp³-hybridized carbons (Fsp3) is 0.200. The molecule has 0 unspecified atom stereocenters. The van der Waals surface area contributed by atoms with Crippen molar-refractivity contribution < 1.29 is 10.2 Å². The van der Waals surface area contributed by atoms with E-state index in [9.17, 15) is 10.2 Å². The maximum atomic E-state index is 9.70. The van der Waals surface area contributed by atoms with E-state index in [-0.39, 0.29) is 17.5 Å². The van der Waals surface area contributed by atoms with Gasteiger partial charge in [-0.05, 0) is 24.6 Å². The molecule has 3 nitrogen and oxygen atoms in total. The number of hydrogen-bond donors (Lipinski definition) is 3. The monoisotopic (exact) mass is 277 g/mol. The zero-order chi connectivity index (χ0) is 13.8.